The average Bonchev–Trinajstić information content (AvgIpc) is 3.19. The SMILES string of the molecule is COc1ccc(COC(=O)C2=C(C3=NCCS3)CSC3CC(=O)N23)cc1. The fourth-order valence-corrected chi connectivity index (χ4v) is 5.28. The van der Waals surface area contributed by atoms with Crippen molar-refractivity contribution >= 4 is 40.4 Å². The number of methoxy groups -OCH3 is 1. The number of ether oxygens (including phenoxy) is 2. The van der Waals surface area contributed by atoms with Crippen LogP contribution in [-0.4, -0.2) is 52.4 Å². The van der Waals surface area contributed by atoms with Crippen molar-refractivity contribution in [2.45, 2.75) is 18.4 Å². The average molecular weight is 390 g/mol. The number of carbonyl (C=O) groups excluding carboxylic acids is 2. The van der Waals surface area contributed by atoms with E-state index in [1.807, 2.05) is 24.3 Å². The summed E-state index contributed by atoms with van der Waals surface area (Å²) in [6, 6.07) is 7.35. The van der Waals surface area contributed by atoms with Crippen LogP contribution in [0.4, 0.5) is 0 Å². The van der Waals surface area contributed by atoms with Crippen molar-refractivity contribution in [3.05, 3.63) is 41.1 Å². The highest BCUT2D eigenvalue weighted by Crippen LogP contribution is 2.42. The molecule has 1 unspecified atom stereocenters. The maximum absolute atomic E-state index is 12.8. The molecule has 1 aromatic carbocycles. The molecular formula is C18H18N2O4S2. The normalized spacial score (nSPS) is 21.9. The van der Waals surface area contributed by atoms with E-state index in [1.54, 1.807) is 35.5 Å². The highest BCUT2D eigenvalue weighted by atomic mass is 32.2. The Labute approximate surface area is 160 Å². The predicted molar refractivity (Wildman–Crippen MR) is 102 cm³/mol. The van der Waals surface area contributed by atoms with Gasteiger partial charge in [0.05, 0.1) is 23.9 Å². The number of thioether (sulfide) groups is 2. The molecule has 1 aromatic rings. The Balaban J connectivity index is 1.54. The highest BCUT2D eigenvalue weighted by Gasteiger charge is 2.46. The molecule has 26 heavy (non-hydrogen) atoms. The molecule has 1 fully saturated rings. The number of fused-ring (bicyclic) bond motifs is 1. The minimum absolute atomic E-state index is 0.0281. The Kier molecular flexibility index (Phi) is 4.95. The lowest BCUT2D eigenvalue weighted by Crippen LogP contribution is -2.54. The maximum Gasteiger partial charge on any atom is 0.355 e. The van der Waals surface area contributed by atoms with Gasteiger partial charge in [-0.1, -0.05) is 12.1 Å². The third-order valence-electron chi connectivity index (χ3n) is 4.42. The second-order valence-corrected chi connectivity index (χ2v) is 8.27. The van der Waals surface area contributed by atoms with Crippen molar-refractivity contribution in [2.24, 2.45) is 4.99 Å². The second kappa shape index (κ2) is 7.36. The van der Waals surface area contributed by atoms with E-state index < -0.39 is 5.97 Å². The molecule has 0 radical (unpaired) electrons. The van der Waals surface area contributed by atoms with Gasteiger partial charge in [0.2, 0.25) is 5.91 Å². The largest absolute Gasteiger partial charge is 0.497 e. The number of β-lactam (4-membered cyclic amide) rings is 1. The van der Waals surface area contributed by atoms with Gasteiger partial charge in [-0.15, -0.1) is 23.5 Å². The summed E-state index contributed by atoms with van der Waals surface area (Å²) in [7, 11) is 1.61. The summed E-state index contributed by atoms with van der Waals surface area (Å²) in [5.41, 5.74) is 2.08. The van der Waals surface area contributed by atoms with Crippen LogP contribution in [0.3, 0.4) is 0 Å². The number of carbonyl (C=O) groups is 2. The summed E-state index contributed by atoms with van der Waals surface area (Å²) in [5, 5.41) is 0.911. The molecule has 0 spiro atoms. The molecule has 1 saturated heterocycles. The van der Waals surface area contributed by atoms with Gasteiger partial charge in [0.15, 0.2) is 0 Å². The van der Waals surface area contributed by atoms with Gasteiger partial charge in [-0.25, -0.2) is 4.79 Å². The third-order valence-corrected chi connectivity index (χ3v) is 6.67. The predicted octanol–water partition coefficient (Wildman–Crippen LogP) is 2.44. The molecular weight excluding hydrogens is 372 g/mol. The van der Waals surface area contributed by atoms with Crippen molar-refractivity contribution in [3.8, 4) is 5.75 Å². The van der Waals surface area contributed by atoms with Crippen LogP contribution in [0.5, 0.6) is 5.75 Å². The lowest BCUT2D eigenvalue weighted by atomic mass is 10.1. The summed E-state index contributed by atoms with van der Waals surface area (Å²) >= 11 is 3.32. The second-order valence-electron chi connectivity index (χ2n) is 6.02. The van der Waals surface area contributed by atoms with Gasteiger partial charge in [0, 0.05) is 23.6 Å². The van der Waals surface area contributed by atoms with Crippen LogP contribution in [-0.2, 0) is 20.9 Å². The van der Waals surface area contributed by atoms with Gasteiger partial charge in [0.1, 0.15) is 18.1 Å². The molecule has 8 heteroatoms. The van der Waals surface area contributed by atoms with E-state index in [9.17, 15) is 9.59 Å². The number of esters is 1. The van der Waals surface area contributed by atoms with E-state index in [-0.39, 0.29) is 17.9 Å². The molecule has 4 rings (SSSR count). The molecule has 1 amide bonds. The number of hydrogen-bond acceptors (Lipinski definition) is 7. The van der Waals surface area contributed by atoms with E-state index in [1.165, 1.54) is 0 Å². The number of rotatable bonds is 5. The van der Waals surface area contributed by atoms with Gasteiger partial charge < -0.3 is 9.47 Å². The van der Waals surface area contributed by atoms with Gasteiger partial charge in [-0.3, -0.25) is 14.7 Å². The molecule has 0 saturated carbocycles. The van der Waals surface area contributed by atoms with E-state index in [4.69, 9.17) is 9.47 Å². The number of nitrogens with zero attached hydrogens (tertiary/aromatic N) is 2. The van der Waals surface area contributed by atoms with Gasteiger partial charge in [-0.2, -0.15) is 0 Å². The van der Waals surface area contributed by atoms with Crippen LogP contribution in [0.15, 0.2) is 40.5 Å². The Bertz CT molecular complexity index is 804. The number of amides is 1. The Morgan fingerprint density at radius 1 is 1.35 bits per heavy atom. The van der Waals surface area contributed by atoms with Gasteiger partial charge >= 0.3 is 5.97 Å². The monoisotopic (exact) mass is 390 g/mol. The number of benzene rings is 1. The van der Waals surface area contributed by atoms with Crippen LogP contribution in [0, 0.1) is 0 Å². The van der Waals surface area contributed by atoms with Crippen LogP contribution < -0.4 is 4.74 Å². The topological polar surface area (TPSA) is 68.2 Å². The molecule has 0 bridgehead atoms. The van der Waals surface area contributed by atoms with Crippen molar-refractivity contribution in [2.75, 3.05) is 25.2 Å². The van der Waals surface area contributed by atoms with Gasteiger partial charge in [0.25, 0.3) is 0 Å². The minimum atomic E-state index is -0.454. The molecule has 136 valence electrons. The number of aliphatic imine (C=N–C) groups is 1. The molecule has 0 aliphatic carbocycles. The van der Waals surface area contributed by atoms with Crippen LogP contribution in [0.25, 0.3) is 0 Å². The molecule has 0 N–H and O–H groups in total. The van der Waals surface area contributed by atoms with Crippen LogP contribution in [0.1, 0.15) is 12.0 Å². The Hall–Kier alpha value is -1.93. The van der Waals surface area contributed by atoms with E-state index in [0.717, 1.165) is 34.2 Å². The fourth-order valence-electron chi connectivity index (χ4n) is 3.02. The molecule has 0 aromatic heterocycles. The third kappa shape index (κ3) is 3.23. The molecule has 3 aliphatic heterocycles. The zero-order valence-electron chi connectivity index (χ0n) is 14.3. The quantitative estimate of drug-likeness (QED) is 0.568. The first-order valence-corrected chi connectivity index (χ1v) is 10.4. The first-order valence-electron chi connectivity index (χ1n) is 8.32. The minimum Gasteiger partial charge on any atom is -0.497 e. The zero-order chi connectivity index (χ0) is 18.1. The molecule has 6 nitrogen and oxygen atoms in total. The summed E-state index contributed by atoms with van der Waals surface area (Å²) in [4.78, 5) is 31.0. The lowest BCUT2D eigenvalue weighted by Gasteiger charge is -2.44. The lowest BCUT2D eigenvalue weighted by molar-refractivity contribution is -0.150. The Morgan fingerprint density at radius 3 is 2.81 bits per heavy atom. The summed E-state index contributed by atoms with van der Waals surface area (Å²) in [5.74, 6) is 1.87. The standard InChI is InChI=1S/C18H18N2O4S2/c1-23-12-4-2-11(3-5-12)9-24-18(22)16-13(17-19-6-7-25-17)10-26-15-8-14(21)20(15)16/h2-5,15H,6-10H2,1H3. The summed E-state index contributed by atoms with van der Waals surface area (Å²) in [6.45, 7) is 0.902. The highest BCUT2D eigenvalue weighted by molar-refractivity contribution is 8.14. The smallest absolute Gasteiger partial charge is 0.355 e. The molecule has 3 heterocycles. The maximum atomic E-state index is 12.8. The summed E-state index contributed by atoms with van der Waals surface area (Å²) in [6.07, 6.45) is 0.479. The van der Waals surface area contributed by atoms with Crippen molar-refractivity contribution in [1.29, 1.82) is 0 Å². The van der Waals surface area contributed by atoms with Gasteiger partial charge in [-0.05, 0) is 17.7 Å². The zero-order valence-corrected chi connectivity index (χ0v) is 15.9. The first-order chi connectivity index (χ1) is 12.7. The van der Waals surface area contributed by atoms with Crippen molar-refractivity contribution in [3.63, 3.8) is 0 Å². The van der Waals surface area contributed by atoms with Crippen molar-refractivity contribution < 1.29 is 19.1 Å². The van der Waals surface area contributed by atoms with E-state index in [2.05, 4.69) is 4.99 Å². The Morgan fingerprint density at radius 2 is 2.15 bits per heavy atom. The number of hydrogen-bond donors (Lipinski definition) is 0. The van der Waals surface area contributed by atoms with E-state index in [0.29, 0.717) is 17.9 Å². The first kappa shape index (κ1) is 17.5. The molecule has 1 atom stereocenters. The fraction of sp³-hybridized carbons (Fsp3) is 0.389. The van der Waals surface area contributed by atoms with Crippen LogP contribution in [0.2, 0.25) is 0 Å². The van der Waals surface area contributed by atoms with E-state index >= 15 is 0 Å². The van der Waals surface area contributed by atoms with Crippen molar-refractivity contribution in [1.82, 2.24) is 4.90 Å². The van der Waals surface area contributed by atoms with Crippen LogP contribution >= 0.6 is 23.5 Å². The molecule has 3 aliphatic rings. The summed E-state index contributed by atoms with van der Waals surface area (Å²) < 4.78 is 10.7.